The quantitative estimate of drug-likeness (QED) is 0.542. The summed E-state index contributed by atoms with van der Waals surface area (Å²) in [6.45, 7) is 12.5. The number of hydrogen-bond donors (Lipinski definition) is 2. The molecule has 0 spiro atoms. The zero-order chi connectivity index (χ0) is 26.3. The Labute approximate surface area is 213 Å². The van der Waals surface area contributed by atoms with E-state index in [-0.39, 0.29) is 17.2 Å². The van der Waals surface area contributed by atoms with Crippen LogP contribution in [-0.4, -0.2) is 56.7 Å². The van der Waals surface area contributed by atoms with Crippen LogP contribution in [0.2, 0.25) is 0 Å². The number of nitrogens with one attached hydrogen (secondary N) is 2. The van der Waals surface area contributed by atoms with Crippen LogP contribution < -0.4 is 15.5 Å². The molecule has 0 bridgehead atoms. The smallest absolute Gasteiger partial charge is 0.329 e. The molecule has 36 heavy (non-hydrogen) atoms. The van der Waals surface area contributed by atoms with Gasteiger partial charge in [-0.15, -0.1) is 0 Å². The Morgan fingerprint density at radius 3 is 2.14 bits per heavy atom. The van der Waals surface area contributed by atoms with E-state index in [1.807, 2.05) is 50.2 Å². The minimum absolute atomic E-state index is 0.0232. The Morgan fingerprint density at radius 1 is 0.972 bits per heavy atom. The number of hydrogen-bond acceptors (Lipinski definition) is 6. The third-order valence-corrected chi connectivity index (χ3v) is 6.09. The van der Waals surface area contributed by atoms with Crippen molar-refractivity contribution in [3.05, 3.63) is 59.7 Å². The Hall–Kier alpha value is -3.39. The highest BCUT2D eigenvalue weighted by Gasteiger charge is 2.27. The van der Waals surface area contributed by atoms with Crippen LogP contribution >= 0.6 is 0 Å². The molecule has 1 atom stereocenters. The molecule has 2 aromatic carbocycles. The summed E-state index contributed by atoms with van der Waals surface area (Å²) in [5, 5.41) is 5.48. The zero-order valence-electron chi connectivity index (χ0n) is 21.8. The van der Waals surface area contributed by atoms with E-state index in [0.29, 0.717) is 24.5 Å². The first kappa shape index (κ1) is 27.2. The monoisotopic (exact) mass is 495 g/mol. The molecule has 1 aliphatic rings. The zero-order valence-corrected chi connectivity index (χ0v) is 21.8. The van der Waals surface area contributed by atoms with Crippen LogP contribution in [-0.2, 0) is 24.5 Å². The van der Waals surface area contributed by atoms with Crippen molar-refractivity contribution in [1.29, 1.82) is 0 Å². The van der Waals surface area contributed by atoms with Gasteiger partial charge in [-0.25, -0.2) is 4.79 Å². The van der Waals surface area contributed by atoms with Gasteiger partial charge >= 0.3 is 5.97 Å². The highest BCUT2D eigenvalue weighted by molar-refractivity contribution is 5.97. The van der Waals surface area contributed by atoms with E-state index < -0.39 is 24.5 Å². The largest absolute Gasteiger partial charge is 0.454 e. The van der Waals surface area contributed by atoms with Crippen molar-refractivity contribution in [1.82, 2.24) is 5.32 Å². The molecule has 194 valence electrons. The molecule has 0 unspecified atom stereocenters. The lowest BCUT2D eigenvalue weighted by Crippen LogP contribution is -2.46. The Morgan fingerprint density at radius 2 is 1.58 bits per heavy atom. The van der Waals surface area contributed by atoms with Gasteiger partial charge in [-0.05, 0) is 53.3 Å². The molecule has 1 fully saturated rings. The van der Waals surface area contributed by atoms with Crippen LogP contribution in [0.1, 0.15) is 50.5 Å². The summed E-state index contributed by atoms with van der Waals surface area (Å²) in [7, 11) is 0. The highest BCUT2D eigenvalue weighted by Crippen LogP contribution is 2.22. The normalized spacial score (nSPS) is 14.8. The van der Waals surface area contributed by atoms with Crippen molar-refractivity contribution in [3.63, 3.8) is 0 Å². The number of esters is 1. The van der Waals surface area contributed by atoms with Crippen molar-refractivity contribution < 1.29 is 23.9 Å². The molecule has 8 heteroatoms. The molecular formula is C28H37N3O5. The van der Waals surface area contributed by atoms with Gasteiger partial charge in [0.05, 0.1) is 13.2 Å². The maximum absolute atomic E-state index is 12.7. The van der Waals surface area contributed by atoms with Gasteiger partial charge in [0.15, 0.2) is 6.61 Å². The van der Waals surface area contributed by atoms with Gasteiger partial charge in [0.25, 0.3) is 11.8 Å². The Bertz CT molecular complexity index is 1040. The van der Waals surface area contributed by atoms with E-state index in [1.54, 1.807) is 12.1 Å². The maximum Gasteiger partial charge on any atom is 0.329 e. The third kappa shape index (κ3) is 7.55. The van der Waals surface area contributed by atoms with Gasteiger partial charge in [0.2, 0.25) is 0 Å². The third-order valence-electron chi connectivity index (χ3n) is 6.09. The molecule has 0 aliphatic carbocycles. The molecule has 1 heterocycles. The topological polar surface area (TPSA) is 97.0 Å². The summed E-state index contributed by atoms with van der Waals surface area (Å²) < 4.78 is 10.6. The van der Waals surface area contributed by atoms with Gasteiger partial charge in [0, 0.05) is 30.0 Å². The fraction of sp³-hybridized carbons (Fsp3) is 0.464. The number of anilines is 2. The van der Waals surface area contributed by atoms with E-state index in [9.17, 15) is 14.4 Å². The number of ether oxygens (including phenoxy) is 2. The molecule has 2 aromatic rings. The molecule has 2 N–H and O–H groups in total. The molecule has 3 rings (SSSR count). The van der Waals surface area contributed by atoms with Gasteiger partial charge in [-0.1, -0.05) is 46.8 Å². The lowest BCUT2D eigenvalue weighted by molar-refractivity contribution is -0.150. The number of nitrogens with zero attached hydrogens (tertiary/aromatic N) is 1. The van der Waals surface area contributed by atoms with Gasteiger partial charge in [0.1, 0.15) is 6.04 Å². The number of carbonyl (C=O) groups is 3. The van der Waals surface area contributed by atoms with E-state index in [4.69, 9.17) is 9.47 Å². The van der Waals surface area contributed by atoms with Crippen LogP contribution in [0.25, 0.3) is 0 Å². The standard InChI is InChI=1S/C28H37N3O5/c1-19(2)25(30-26(33)20-6-8-21(9-7-20)28(3,4)5)27(34)36-18-24(32)29-22-10-12-23(13-11-22)31-14-16-35-17-15-31/h6-13,19,25H,14-18H2,1-5H3,(H,29,32)(H,30,33)/t25-/m0/s1. The molecule has 0 aromatic heterocycles. The second kappa shape index (κ2) is 12.0. The number of morpholine rings is 1. The fourth-order valence-corrected chi connectivity index (χ4v) is 3.84. The summed E-state index contributed by atoms with van der Waals surface area (Å²) in [5.41, 5.74) is 3.22. The summed E-state index contributed by atoms with van der Waals surface area (Å²) >= 11 is 0. The predicted molar refractivity (Wildman–Crippen MR) is 140 cm³/mol. The minimum Gasteiger partial charge on any atom is -0.454 e. The average molecular weight is 496 g/mol. The summed E-state index contributed by atoms with van der Waals surface area (Å²) in [4.78, 5) is 40.0. The minimum atomic E-state index is -0.875. The van der Waals surface area contributed by atoms with Gasteiger partial charge in [-0.2, -0.15) is 0 Å². The number of amides is 2. The number of rotatable bonds is 8. The van der Waals surface area contributed by atoms with Gasteiger partial charge < -0.3 is 25.0 Å². The Balaban J connectivity index is 1.51. The molecule has 8 nitrogen and oxygen atoms in total. The van der Waals surface area contributed by atoms with Gasteiger partial charge in [-0.3, -0.25) is 9.59 Å². The average Bonchev–Trinajstić information content (AvgIpc) is 2.86. The van der Waals surface area contributed by atoms with Crippen LogP contribution in [0.3, 0.4) is 0 Å². The first-order valence-electron chi connectivity index (χ1n) is 12.4. The molecule has 2 amide bonds. The summed E-state index contributed by atoms with van der Waals surface area (Å²) in [6.07, 6.45) is 0. The molecule has 1 saturated heterocycles. The van der Waals surface area contributed by atoms with Crippen molar-refractivity contribution in [2.24, 2.45) is 5.92 Å². The fourth-order valence-electron chi connectivity index (χ4n) is 3.84. The lowest BCUT2D eigenvalue weighted by atomic mass is 9.86. The van der Waals surface area contributed by atoms with Crippen LogP contribution in [0.15, 0.2) is 48.5 Å². The van der Waals surface area contributed by atoms with Crippen LogP contribution in [0.5, 0.6) is 0 Å². The van der Waals surface area contributed by atoms with Crippen molar-refractivity contribution in [2.75, 3.05) is 43.1 Å². The molecule has 0 radical (unpaired) electrons. The SMILES string of the molecule is CC(C)[C@H](NC(=O)c1ccc(C(C)(C)C)cc1)C(=O)OCC(=O)Nc1ccc(N2CCOCC2)cc1. The predicted octanol–water partition coefficient (Wildman–Crippen LogP) is 3.76. The van der Waals surface area contributed by atoms with Crippen LogP contribution in [0.4, 0.5) is 11.4 Å². The maximum atomic E-state index is 12.7. The second-order valence-electron chi connectivity index (χ2n) is 10.3. The molecule has 1 aliphatic heterocycles. The number of carbonyl (C=O) groups excluding carboxylic acids is 3. The van der Waals surface area contributed by atoms with E-state index in [1.165, 1.54) is 0 Å². The number of benzene rings is 2. The van der Waals surface area contributed by atoms with E-state index in [0.717, 1.165) is 24.3 Å². The summed E-state index contributed by atoms with van der Waals surface area (Å²) in [6, 6.07) is 13.9. The Kier molecular flexibility index (Phi) is 9.09. The highest BCUT2D eigenvalue weighted by atomic mass is 16.5. The van der Waals surface area contributed by atoms with Crippen LogP contribution in [0, 0.1) is 5.92 Å². The second-order valence-corrected chi connectivity index (χ2v) is 10.3. The van der Waals surface area contributed by atoms with Crippen molar-refractivity contribution in [2.45, 2.75) is 46.1 Å². The summed E-state index contributed by atoms with van der Waals surface area (Å²) in [5.74, 6) is -1.68. The van der Waals surface area contributed by atoms with Crippen molar-refractivity contribution in [3.8, 4) is 0 Å². The van der Waals surface area contributed by atoms with Crippen molar-refractivity contribution >= 4 is 29.2 Å². The molecular weight excluding hydrogens is 458 g/mol. The lowest BCUT2D eigenvalue weighted by Gasteiger charge is -2.28. The van der Waals surface area contributed by atoms with E-state index >= 15 is 0 Å². The first-order valence-corrected chi connectivity index (χ1v) is 12.4. The first-order chi connectivity index (χ1) is 17.0. The molecule has 0 saturated carbocycles. The van der Waals surface area contributed by atoms with E-state index in [2.05, 4.69) is 36.3 Å².